The summed E-state index contributed by atoms with van der Waals surface area (Å²) in [7, 11) is 0. The third-order valence-corrected chi connectivity index (χ3v) is 5.97. The SMILES string of the molecule is Cc1ccc2nc([C@H]3CCCN3C(=O)[C@H](C)n3cnc4ccccc4c3=O)[nH]c2c1. The molecule has 0 radical (unpaired) electrons. The molecule has 7 heteroatoms. The Morgan fingerprint density at radius 1 is 1.20 bits per heavy atom. The van der Waals surface area contributed by atoms with Gasteiger partial charge in [-0.1, -0.05) is 18.2 Å². The van der Waals surface area contributed by atoms with Gasteiger partial charge in [-0.05, 0) is 56.5 Å². The van der Waals surface area contributed by atoms with Crippen molar-refractivity contribution in [3.8, 4) is 0 Å². The van der Waals surface area contributed by atoms with Crippen LogP contribution in [0.25, 0.3) is 21.9 Å². The highest BCUT2D eigenvalue weighted by Gasteiger charge is 2.35. The van der Waals surface area contributed by atoms with Crippen LogP contribution in [-0.4, -0.2) is 36.9 Å². The number of H-pyrrole nitrogens is 1. The predicted molar refractivity (Wildman–Crippen MR) is 115 cm³/mol. The molecule has 1 aliphatic rings. The van der Waals surface area contributed by atoms with Crippen LogP contribution in [0.15, 0.2) is 53.6 Å². The number of benzene rings is 2. The van der Waals surface area contributed by atoms with Crippen molar-refractivity contribution in [2.75, 3.05) is 6.54 Å². The summed E-state index contributed by atoms with van der Waals surface area (Å²) in [5.41, 5.74) is 3.48. The first-order chi connectivity index (χ1) is 14.5. The smallest absolute Gasteiger partial charge is 0.261 e. The first-order valence-electron chi connectivity index (χ1n) is 10.3. The van der Waals surface area contributed by atoms with Gasteiger partial charge in [0.05, 0.1) is 34.3 Å². The number of amides is 1. The highest BCUT2D eigenvalue weighted by Crippen LogP contribution is 2.33. The summed E-state index contributed by atoms with van der Waals surface area (Å²) in [6, 6.07) is 12.5. The Hall–Kier alpha value is -3.48. The number of aryl methyl sites for hydroxylation is 1. The van der Waals surface area contributed by atoms with Gasteiger partial charge in [-0.15, -0.1) is 0 Å². The number of fused-ring (bicyclic) bond motifs is 2. The number of rotatable bonds is 3. The van der Waals surface area contributed by atoms with Gasteiger partial charge in [0.25, 0.3) is 5.56 Å². The molecule has 0 aliphatic carbocycles. The van der Waals surface area contributed by atoms with Gasteiger partial charge in [-0.25, -0.2) is 9.97 Å². The molecule has 3 heterocycles. The van der Waals surface area contributed by atoms with E-state index in [1.54, 1.807) is 19.1 Å². The minimum Gasteiger partial charge on any atom is -0.340 e. The Kier molecular flexibility index (Phi) is 4.38. The van der Waals surface area contributed by atoms with E-state index in [2.05, 4.69) is 16.0 Å². The third kappa shape index (κ3) is 2.98. The molecule has 7 nitrogen and oxygen atoms in total. The summed E-state index contributed by atoms with van der Waals surface area (Å²) in [6.45, 7) is 4.46. The van der Waals surface area contributed by atoms with Crippen LogP contribution in [0.5, 0.6) is 0 Å². The van der Waals surface area contributed by atoms with Crippen LogP contribution in [0.4, 0.5) is 0 Å². The minimum atomic E-state index is -0.637. The lowest BCUT2D eigenvalue weighted by molar-refractivity contribution is -0.135. The summed E-state index contributed by atoms with van der Waals surface area (Å²) in [6.07, 6.45) is 3.23. The quantitative estimate of drug-likeness (QED) is 0.569. The van der Waals surface area contributed by atoms with Crippen molar-refractivity contribution in [2.45, 2.75) is 38.8 Å². The predicted octanol–water partition coefficient (Wildman–Crippen LogP) is 3.51. The van der Waals surface area contributed by atoms with Crippen molar-refractivity contribution in [3.63, 3.8) is 0 Å². The van der Waals surface area contributed by atoms with Crippen LogP contribution in [-0.2, 0) is 4.79 Å². The first kappa shape index (κ1) is 18.5. The van der Waals surface area contributed by atoms with E-state index in [0.29, 0.717) is 17.4 Å². The Morgan fingerprint density at radius 3 is 2.90 bits per heavy atom. The number of carbonyl (C=O) groups excluding carboxylic acids is 1. The Balaban J connectivity index is 1.47. The molecule has 2 aromatic carbocycles. The van der Waals surface area contributed by atoms with Gasteiger partial charge in [-0.3, -0.25) is 14.2 Å². The molecule has 152 valence electrons. The number of carbonyl (C=O) groups is 1. The molecule has 5 rings (SSSR count). The normalized spacial score (nSPS) is 17.7. The molecule has 2 aromatic heterocycles. The molecular formula is C23H23N5O2. The van der Waals surface area contributed by atoms with Crippen molar-refractivity contribution < 1.29 is 4.79 Å². The lowest BCUT2D eigenvalue weighted by atomic mass is 10.2. The van der Waals surface area contributed by atoms with Gasteiger partial charge in [0.2, 0.25) is 5.91 Å². The zero-order chi connectivity index (χ0) is 20.8. The fourth-order valence-electron chi connectivity index (χ4n) is 4.33. The second-order valence-electron chi connectivity index (χ2n) is 7.98. The summed E-state index contributed by atoms with van der Waals surface area (Å²) in [4.78, 5) is 40.6. The number of hydrogen-bond donors (Lipinski definition) is 1. The van der Waals surface area contributed by atoms with E-state index >= 15 is 0 Å². The van der Waals surface area contributed by atoms with Gasteiger partial charge >= 0.3 is 0 Å². The number of likely N-dealkylation sites (tertiary alicyclic amines) is 1. The maximum Gasteiger partial charge on any atom is 0.261 e. The molecule has 2 atom stereocenters. The van der Waals surface area contributed by atoms with E-state index in [1.165, 1.54) is 10.9 Å². The zero-order valence-electron chi connectivity index (χ0n) is 17.0. The lowest BCUT2D eigenvalue weighted by Crippen LogP contribution is -2.39. The van der Waals surface area contributed by atoms with Crippen molar-refractivity contribution in [2.24, 2.45) is 0 Å². The van der Waals surface area contributed by atoms with Crippen LogP contribution in [0.1, 0.15) is 43.2 Å². The molecule has 1 aliphatic heterocycles. The molecule has 1 amide bonds. The lowest BCUT2D eigenvalue weighted by Gasteiger charge is -2.27. The highest BCUT2D eigenvalue weighted by molar-refractivity contribution is 5.82. The molecule has 0 unspecified atom stereocenters. The topological polar surface area (TPSA) is 83.9 Å². The average molecular weight is 401 g/mol. The molecule has 0 spiro atoms. The van der Waals surface area contributed by atoms with Crippen molar-refractivity contribution in [1.29, 1.82) is 0 Å². The molecular weight excluding hydrogens is 378 g/mol. The van der Waals surface area contributed by atoms with Gasteiger partial charge in [0, 0.05) is 6.54 Å². The van der Waals surface area contributed by atoms with Crippen LogP contribution in [0, 0.1) is 6.92 Å². The first-order valence-corrected chi connectivity index (χ1v) is 10.3. The molecule has 1 fully saturated rings. The summed E-state index contributed by atoms with van der Waals surface area (Å²) < 4.78 is 1.43. The second-order valence-corrected chi connectivity index (χ2v) is 7.98. The molecule has 0 saturated carbocycles. The summed E-state index contributed by atoms with van der Waals surface area (Å²) in [5.74, 6) is 0.714. The van der Waals surface area contributed by atoms with Crippen molar-refractivity contribution in [3.05, 3.63) is 70.5 Å². The molecule has 1 saturated heterocycles. The van der Waals surface area contributed by atoms with Gasteiger partial charge in [0.1, 0.15) is 11.9 Å². The van der Waals surface area contributed by atoms with Crippen LogP contribution >= 0.6 is 0 Å². The number of imidazole rings is 1. The summed E-state index contributed by atoms with van der Waals surface area (Å²) in [5, 5.41) is 0.519. The number of nitrogens with zero attached hydrogens (tertiary/aromatic N) is 4. The van der Waals surface area contributed by atoms with E-state index in [9.17, 15) is 9.59 Å². The van der Waals surface area contributed by atoms with E-state index < -0.39 is 6.04 Å². The molecule has 4 aromatic rings. The minimum absolute atomic E-state index is 0.0895. The monoisotopic (exact) mass is 401 g/mol. The second kappa shape index (κ2) is 7.09. The number of hydrogen-bond acceptors (Lipinski definition) is 4. The van der Waals surface area contributed by atoms with Crippen molar-refractivity contribution in [1.82, 2.24) is 24.4 Å². The van der Waals surface area contributed by atoms with Gasteiger partial charge in [-0.2, -0.15) is 0 Å². The Labute approximate surface area is 173 Å². The fraction of sp³-hybridized carbons (Fsp3) is 0.304. The van der Waals surface area contributed by atoms with Crippen LogP contribution < -0.4 is 5.56 Å². The standard InChI is InChI=1S/C23H23N5O2/c1-14-9-10-18-19(12-14)26-21(25-18)20-8-5-11-27(20)22(29)15(2)28-13-24-17-7-4-3-6-16(17)23(28)30/h3-4,6-7,9-10,12-13,15,20H,5,8,11H2,1-2H3,(H,25,26)/t15-,20+/m0/s1. The molecule has 0 bridgehead atoms. The maximum absolute atomic E-state index is 13.4. The zero-order valence-corrected chi connectivity index (χ0v) is 17.0. The Bertz CT molecular complexity index is 1320. The van der Waals surface area contributed by atoms with Crippen molar-refractivity contribution >= 4 is 27.8 Å². The van der Waals surface area contributed by atoms with Crippen LogP contribution in [0.3, 0.4) is 0 Å². The number of aromatic amines is 1. The number of nitrogens with one attached hydrogen (secondary N) is 1. The average Bonchev–Trinajstić information content (AvgIpc) is 3.39. The summed E-state index contributed by atoms with van der Waals surface area (Å²) >= 11 is 0. The van der Waals surface area contributed by atoms with Gasteiger partial charge in [0.15, 0.2) is 0 Å². The number of para-hydroxylation sites is 1. The maximum atomic E-state index is 13.4. The van der Waals surface area contributed by atoms with E-state index in [0.717, 1.165) is 35.3 Å². The van der Waals surface area contributed by atoms with E-state index in [4.69, 9.17) is 4.98 Å². The fourth-order valence-corrected chi connectivity index (χ4v) is 4.33. The number of aromatic nitrogens is 4. The third-order valence-electron chi connectivity index (χ3n) is 5.97. The molecule has 1 N–H and O–H groups in total. The largest absolute Gasteiger partial charge is 0.340 e. The van der Waals surface area contributed by atoms with E-state index in [1.807, 2.05) is 36.1 Å². The highest BCUT2D eigenvalue weighted by atomic mass is 16.2. The van der Waals surface area contributed by atoms with Crippen LogP contribution in [0.2, 0.25) is 0 Å². The van der Waals surface area contributed by atoms with E-state index in [-0.39, 0.29) is 17.5 Å². The van der Waals surface area contributed by atoms with Gasteiger partial charge < -0.3 is 9.88 Å². The Morgan fingerprint density at radius 2 is 2.03 bits per heavy atom. The molecule has 30 heavy (non-hydrogen) atoms.